The number of anilines is 1. The first kappa shape index (κ1) is 28.9. The zero-order valence-corrected chi connectivity index (χ0v) is 26.2. The molecule has 4 aromatic carbocycles. The van der Waals surface area contributed by atoms with Gasteiger partial charge < -0.3 is 23.5 Å². The lowest BCUT2D eigenvalue weighted by Crippen LogP contribution is -2.30. The van der Waals surface area contributed by atoms with Crippen LogP contribution in [0.15, 0.2) is 99.8 Å². The lowest BCUT2D eigenvalue weighted by molar-refractivity contribution is 0.174. The van der Waals surface area contributed by atoms with Gasteiger partial charge in [0.2, 0.25) is 6.79 Å². The molecule has 9 nitrogen and oxygen atoms in total. The van der Waals surface area contributed by atoms with Crippen LogP contribution in [0.4, 0.5) is 10.5 Å². The summed E-state index contributed by atoms with van der Waals surface area (Å²) in [5, 5.41) is 4.64. The van der Waals surface area contributed by atoms with E-state index in [9.17, 15) is 9.59 Å². The van der Waals surface area contributed by atoms with Crippen molar-refractivity contribution in [2.24, 2.45) is 0 Å². The Bertz CT molecular complexity index is 2170. The Hall–Kier alpha value is -4.87. The lowest BCUT2D eigenvalue weighted by atomic mass is 10.00. The molecule has 2 aromatic heterocycles. The third kappa shape index (κ3) is 5.17. The highest BCUT2D eigenvalue weighted by molar-refractivity contribution is 8.76. The van der Waals surface area contributed by atoms with Crippen molar-refractivity contribution in [3.63, 3.8) is 0 Å². The molecule has 0 fully saturated rings. The monoisotopic (exact) mass is 637 g/mol. The summed E-state index contributed by atoms with van der Waals surface area (Å²) in [5.41, 5.74) is 1.25. The number of hydrogen-bond donors (Lipinski definition) is 0. The highest BCUT2D eigenvalue weighted by atomic mass is 33.1. The molecule has 3 heterocycles. The molecule has 0 spiro atoms. The molecule has 0 radical (unpaired) electrons. The largest absolute Gasteiger partial charge is 0.493 e. The number of carbonyl (C=O) groups is 1. The van der Waals surface area contributed by atoms with Crippen molar-refractivity contribution in [1.82, 2.24) is 9.55 Å². The summed E-state index contributed by atoms with van der Waals surface area (Å²) in [4.78, 5) is 34.2. The van der Waals surface area contributed by atoms with Crippen LogP contribution in [0.2, 0.25) is 0 Å². The Balaban J connectivity index is 1.27. The molecule has 45 heavy (non-hydrogen) atoms. The van der Waals surface area contributed by atoms with E-state index < -0.39 is 6.09 Å². The molecule has 0 bridgehead atoms. The first-order chi connectivity index (χ1) is 22.0. The van der Waals surface area contributed by atoms with E-state index in [4.69, 9.17) is 18.9 Å². The third-order valence-electron chi connectivity index (χ3n) is 7.69. The highest BCUT2D eigenvalue weighted by Crippen LogP contribution is 2.43. The zero-order valence-electron chi connectivity index (χ0n) is 24.6. The van der Waals surface area contributed by atoms with Gasteiger partial charge in [-0.05, 0) is 82.4 Å². The Kier molecular flexibility index (Phi) is 7.64. The summed E-state index contributed by atoms with van der Waals surface area (Å²) in [6.07, 6.45) is 1.12. The van der Waals surface area contributed by atoms with Gasteiger partial charge in [-0.1, -0.05) is 30.3 Å². The minimum absolute atomic E-state index is 0.151. The zero-order chi connectivity index (χ0) is 31.1. The van der Waals surface area contributed by atoms with Crippen molar-refractivity contribution >= 4 is 65.8 Å². The van der Waals surface area contributed by atoms with Crippen molar-refractivity contribution in [3.8, 4) is 23.0 Å². The van der Waals surface area contributed by atoms with E-state index >= 15 is 0 Å². The second-order valence-corrected chi connectivity index (χ2v) is 12.4. The van der Waals surface area contributed by atoms with Crippen LogP contribution >= 0.6 is 21.6 Å². The van der Waals surface area contributed by atoms with Crippen molar-refractivity contribution < 1.29 is 23.7 Å². The topological polar surface area (TPSA) is 92.1 Å². The molecule has 0 saturated carbocycles. The smallest absolute Gasteiger partial charge is 0.419 e. The Labute approximate surface area is 266 Å². The minimum atomic E-state index is -0.623. The number of methoxy groups -OCH3 is 1. The van der Waals surface area contributed by atoms with Gasteiger partial charge in [-0.2, -0.15) is 0 Å². The van der Waals surface area contributed by atoms with Gasteiger partial charge in [-0.25, -0.2) is 9.78 Å². The van der Waals surface area contributed by atoms with E-state index in [1.165, 1.54) is 33.6 Å². The predicted molar refractivity (Wildman–Crippen MR) is 178 cm³/mol. The van der Waals surface area contributed by atoms with Crippen LogP contribution in [-0.4, -0.2) is 36.6 Å². The standard InChI is InChI=1S/C34H27N3O6S2/c1-4-37-32-21(13-12-20-15-27-28(16-22(20)32)42-19-41-27)23-17-26(40-3)29(18-24(23)33(37)38)43-34(39)36(2)25-9-5-6-10-30(25)44-45-31-11-7-8-14-35-31/h5-18H,4,19H2,1-3H3. The molecule has 1 aliphatic rings. The van der Waals surface area contributed by atoms with E-state index in [2.05, 4.69) is 4.98 Å². The SMILES string of the molecule is CCn1c(=O)c2cc(OC(=O)N(C)c3ccccc3SSc3ccccn3)c(OC)cc2c2ccc3cc4c(cc3c21)OCO4. The number of benzene rings is 4. The number of aryl methyl sites for hydroxylation is 1. The molecule has 1 aliphatic heterocycles. The number of fused-ring (bicyclic) bond motifs is 6. The summed E-state index contributed by atoms with van der Waals surface area (Å²) in [5.74, 6) is 1.81. The Morgan fingerprint density at radius 2 is 1.69 bits per heavy atom. The maximum Gasteiger partial charge on any atom is 0.419 e. The summed E-state index contributed by atoms with van der Waals surface area (Å²) < 4.78 is 24.5. The highest BCUT2D eigenvalue weighted by Gasteiger charge is 2.23. The van der Waals surface area contributed by atoms with Gasteiger partial charge in [0.15, 0.2) is 23.0 Å². The Morgan fingerprint density at radius 3 is 2.47 bits per heavy atom. The summed E-state index contributed by atoms with van der Waals surface area (Å²) >= 11 is 0. The molecule has 226 valence electrons. The number of nitrogens with zero attached hydrogens (tertiary/aromatic N) is 3. The number of carbonyl (C=O) groups excluding carboxylic acids is 1. The van der Waals surface area contributed by atoms with E-state index in [1.807, 2.05) is 73.7 Å². The number of para-hydroxylation sites is 1. The maximum absolute atomic E-state index is 14.0. The first-order valence-corrected chi connectivity index (χ1v) is 16.3. The van der Waals surface area contributed by atoms with Crippen LogP contribution in [0.1, 0.15) is 6.92 Å². The molecule has 11 heteroatoms. The fraction of sp³-hybridized carbons (Fsp3) is 0.147. The summed E-state index contributed by atoms with van der Waals surface area (Å²) in [6, 6.07) is 24.5. The fourth-order valence-corrected chi connectivity index (χ4v) is 7.58. The quantitative estimate of drug-likeness (QED) is 0.128. The van der Waals surface area contributed by atoms with Crippen LogP contribution in [0, 0.1) is 0 Å². The van der Waals surface area contributed by atoms with E-state index in [0.717, 1.165) is 31.6 Å². The number of amides is 1. The lowest BCUT2D eigenvalue weighted by Gasteiger charge is -2.21. The molecular weight excluding hydrogens is 611 g/mol. The minimum Gasteiger partial charge on any atom is -0.493 e. The second kappa shape index (κ2) is 11.9. The number of pyridine rings is 2. The molecule has 0 saturated heterocycles. The van der Waals surface area contributed by atoms with Gasteiger partial charge in [0.1, 0.15) is 5.03 Å². The van der Waals surface area contributed by atoms with Gasteiger partial charge >= 0.3 is 6.09 Å². The number of rotatable bonds is 7. The summed E-state index contributed by atoms with van der Waals surface area (Å²) in [7, 11) is 6.15. The van der Waals surface area contributed by atoms with Crippen molar-refractivity contribution in [1.29, 1.82) is 0 Å². The first-order valence-electron chi connectivity index (χ1n) is 14.2. The predicted octanol–water partition coefficient (Wildman–Crippen LogP) is 7.89. The van der Waals surface area contributed by atoms with Gasteiger partial charge in [0.25, 0.3) is 5.56 Å². The molecule has 1 amide bonds. The van der Waals surface area contributed by atoms with Crippen LogP contribution in [0.5, 0.6) is 23.0 Å². The molecule has 0 atom stereocenters. The summed E-state index contributed by atoms with van der Waals surface area (Å²) in [6.45, 7) is 2.53. The van der Waals surface area contributed by atoms with Gasteiger partial charge in [0, 0.05) is 40.8 Å². The van der Waals surface area contributed by atoms with Gasteiger partial charge in [0.05, 0.1) is 23.7 Å². The number of ether oxygens (including phenoxy) is 4. The van der Waals surface area contributed by atoms with Crippen molar-refractivity contribution in [3.05, 3.63) is 95.4 Å². The van der Waals surface area contributed by atoms with Crippen molar-refractivity contribution in [2.45, 2.75) is 23.4 Å². The molecular formula is C34H27N3O6S2. The fourth-order valence-electron chi connectivity index (χ4n) is 5.50. The molecule has 0 N–H and O–H groups in total. The third-order valence-corrected chi connectivity index (χ3v) is 10.0. The molecule has 0 aliphatic carbocycles. The second-order valence-electron chi connectivity index (χ2n) is 10.2. The van der Waals surface area contributed by atoms with Crippen LogP contribution in [-0.2, 0) is 6.54 Å². The normalized spacial score (nSPS) is 12.2. The number of aromatic nitrogens is 2. The average Bonchev–Trinajstić information content (AvgIpc) is 3.54. The van der Waals surface area contributed by atoms with E-state index in [-0.39, 0.29) is 18.1 Å². The average molecular weight is 638 g/mol. The molecule has 7 rings (SSSR count). The van der Waals surface area contributed by atoms with E-state index in [1.54, 1.807) is 29.9 Å². The maximum atomic E-state index is 14.0. The molecule has 6 aromatic rings. The van der Waals surface area contributed by atoms with Gasteiger partial charge in [-0.3, -0.25) is 9.69 Å². The van der Waals surface area contributed by atoms with Crippen LogP contribution in [0.25, 0.3) is 32.4 Å². The number of hydrogen-bond acceptors (Lipinski definition) is 9. The van der Waals surface area contributed by atoms with Crippen LogP contribution < -0.4 is 29.4 Å². The molecule has 0 unspecified atom stereocenters. The van der Waals surface area contributed by atoms with Crippen LogP contribution in [0.3, 0.4) is 0 Å². The van der Waals surface area contributed by atoms with Crippen molar-refractivity contribution in [2.75, 3.05) is 25.9 Å². The van der Waals surface area contributed by atoms with E-state index in [0.29, 0.717) is 40.3 Å². The van der Waals surface area contributed by atoms with Gasteiger partial charge in [-0.15, -0.1) is 0 Å². The Morgan fingerprint density at radius 1 is 0.911 bits per heavy atom.